The molecule has 0 heterocycles. The van der Waals surface area contributed by atoms with Crippen LogP contribution in [-0.4, -0.2) is 41.6 Å². The van der Waals surface area contributed by atoms with Crippen LogP contribution in [0.5, 0.6) is 17.2 Å². The third kappa shape index (κ3) is 4.29. The first-order valence-corrected chi connectivity index (χ1v) is 7.94. The largest absolute Gasteiger partial charge is 0.490 e. The molecule has 0 radical (unpaired) electrons. The second-order valence-corrected chi connectivity index (χ2v) is 5.41. The van der Waals surface area contributed by atoms with Crippen LogP contribution in [0.1, 0.15) is 24.2 Å². The zero-order chi connectivity index (χ0) is 18.4. The van der Waals surface area contributed by atoms with E-state index in [1.165, 1.54) is 18.9 Å². The van der Waals surface area contributed by atoms with Crippen LogP contribution in [-0.2, 0) is 4.79 Å². The van der Waals surface area contributed by atoms with Crippen molar-refractivity contribution in [3.05, 3.63) is 54.1 Å². The van der Waals surface area contributed by atoms with E-state index in [-0.39, 0.29) is 5.56 Å². The molecule has 1 atom stereocenters. The monoisotopic (exact) mass is 343 g/mol. The highest BCUT2D eigenvalue weighted by molar-refractivity contribution is 5.98. The molecule has 2 aromatic rings. The Morgan fingerprint density at radius 1 is 1.04 bits per heavy atom. The van der Waals surface area contributed by atoms with Gasteiger partial charge >= 0.3 is 5.97 Å². The molecule has 0 saturated heterocycles. The fraction of sp³-hybridized carbons (Fsp3) is 0.263. The van der Waals surface area contributed by atoms with Gasteiger partial charge in [0.2, 0.25) is 0 Å². The molecule has 0 fully saturated rings. The Kier molecular flexibility index (Phi) is 6.00. The first-order valence-electron chi connectivity index (χ1n) is 7.94. The molecular formula is C19H21NO5. The average molecular weight is 343 g/mol. The molecule has 6 heteroatoms. The molecule has 1 unspecified atom stereocenters. The van der Waals surface area contributed by atoms with Crippen molar-refractivity contribution < 1.29 is 24.2 Å². The number of amides is 1. The Labute approximate surface area is 146 Å². The zero-order valence-electron chi connectivity index (χ0n) is 14.4. The predicted octanol–water partition coefficient (Wildman–Crippen LogP) is 3.42. The third-order valence-electron chi connectivity index (χ3n) is 3.75. The lowest BCUT2D eigenvalue weighted by molar-refractivity contribution is -0.141. The summed E-state index contributed by atoms with van der Waals surface area (Å²) < 4.78 is 11.4. The zero-order valence-corrected chi connectivity index (χ0v) is 14.4. The SMILES string of the molecule is CCOc1ccccc1Oc1ccccc1C(=O)N(C)C(C)C(=O)O. The third-order valence-corrected chi connectivity index (χ3v) is 3.75. The molecule has 0 aliphatic carbocycles. The highest BCUT2D eigenvalue weighted by Gasteiger charge is 2.25. The van der Waals surface area contributed by atoms with Crippen LogP contribution in [0.3, 0.4) is 0 Å². The van der Waals surface area contributed by atoms with E-state index in [2.05, 4.69) is 0 Å². The van der Waals surface area contributed by atoms with E-state index >= 15 is 0 Å². The van der Waals surface area contributed by atoms with Crippen molar-refractivity contribution in [3.8, 4) is 17.2 Å². The Bertz CT molecular complexity index is 759. The quantitative estimate of drug-likeness (QED) is 0.833. The summed E-state index contributed by atoms with van der Waals surface area (Å²) in [5.41, 5.74) is 0.282. The Hall–Kier alpha value is -3.02. The molecule has 0 saturated carbocycles. The minimum Gasteiger partial charge on any atom is -0.490 e. The molecule has 0 aliphatic heterocycles. The fourth-order valence-corrected chi connectivity index (χ4v) is 2.19. The number of ether oxygens (including phenoxy) is 2. The van der Waals surface area contributed by atoms with E-state index in [4.69, 9.17) is 14.6 Å². The topological polar surface area (TPSA) is 76.1 Å². The van der Waals surface area contributed by atoms with E-state index in [0.717, 1.165) is 0 Å². The summed E-state index contributed by atoms with van der Waals surface area (Å²) >= 11 is 0. The Morgan fingerprint density at radius 2 is 1.60 bits per heavy atom. The van der Waals surface area contributed by atoms with E-state index in [1.54, 1.807) is 42.5 Å². The van der Waals surface area contributed by atoms with E-state index < -0.39 is 17.9 Å². The fourth-order valence-electron chi connectivity index (χ4n) is 2.19. The molecule has 2 aromatic carbocycles. The highest BCUT2D eigenvalue weighted by atomic mass is 16.5. The number of benzene rings is 2. The smallest absolute Gasteiger partial charge is 0.326 e. The maximum absolute atomic E-state index is 12.7. The van der Waals surface area contributed by atoms with E-state index in [1.807, 2.05) is 13.0 Å². The van der Waals surface area contributed by atoms with Crippen molar-refractivity contribution in [2.45, 2.75) is 19.9 Å². The maximum Gasteiger partial charge on any atom is 0.326 e. The Balaban J connectivity index is 2.33. The molecule has 25 heavy (non-hydrogen) atoms. The number of para-hydroxylation sites is 3. The van der Waals surface area contributed by atoms with Crippen LogP contribution in [0.25, 0.3) is 0 Å². The van der Waals surface area contributed by atoms with Crippen LogP contribution in [0.2, 0.25) is 0 Å². The number of nitrogens with zero attached hydrogens (tertiary/aromatic N) is 1. The predicted molar refractivity (Wildman–Crippen MR) is 93.3 cm³/mol. The maximum atomic E-state index is 12.7. The number of hydrogen-bond acceptors (Lipinski definition) is 4. The number of aliphatic carboxylic acids is 1. The summed E-state index contributed by atoms with van der Waals surface area (Å²) in [7, 11) is 1.45. The lowest BCUT2D eigenvalue weighted by Gasteiger charge is -2.22. The summed E-state index contributed by atoms with van der Waals surface area (Å²) in [5, 5.41) is 9.11. The number of carboxylic acid groups (broad SMARTS) is 1. The van der Waals surface area contributed by atoms with Gasteiger partial charge in [-0.15, -0.1) is 0 Å². The van der Waals surface area contributed by atoms with Gasteiger partial charge in [-0.05, 0) is 38.1 Å². The van der Waals surface area contributed by atoms with Gasteiger partial charge in [-0.25, -0.2) is 4.79 Å². The minimum atomic E-state index is -1.07. The Morgan fingerprint density at radius 3 is 2.20 bits per heavy atom. The highest BCUT2D eigenvalue weighted by Crippen LogP contribution is 2.33. The summed E-state index contributed by atoms with van der Waals surface area (Å²) in [6, 6.07) is 12.9. The number of carboxylic acids is 1. The second kappa shape index (κ2) is 8.19. The summed E-state index contributed by atoms with van der Waals surface area (Å²) in [5.74, 6) is -0.113. The number of carbonyl (C=O) groups is 2. The van der Waals surface area contributed by atoms with Crippen molar-refractivity contribution >= 4 is 11.9 Å². The summed E-state index contributed by atoms with van der Waals surface area (Å²) in [4.78, 5) is 25.0. The van der Waals surface area contributed by atoms with Gasteiger partial charge < -0.3 is 19.5 Å². The molecule has 2 rings (SSSR count). The van der Waals surface area contributed by atoms with Gasteiger partial charge in [0.25, 0.3) is 5.91 Å². The van der Waals surface area contributed by atoms with E-state index in [0.29, 0.717) is 23.9 Å². The van der Waals surface area contributed by atoms with Crippen molar-refractivity contribution in [2.75, 3.05) is 13.7 Å². The standard InChI is InChI=1S/C19H21NO5/c1-4-24-16-11-7-8-12-17(16)25-15-10-6-5-9-14(15)18(21)20(3)13(2)19(22)23/h5-13H,4H2,1-3H3,(H,22,23). The van der Waals surface area contributed by atoms with Gasteiger partial charge in [0.05, 0.1) is 12.2 Å². The van der Waals surface area contributed by atoms with Crippen molar-refractivity contribution in [2.24, 2.45) is 0 Å². The summed E-state index contributed by atoms with van der Waals surface area (Å²) in [6.45, 7) is 3.81. The molecule has 0 aromatic heterocycles. The van der Waals surface area contributed by atoms with Crippen molar-refractivity contribution in [1.82, 2.24) is 4.90 Å². The van der Waals surface area contributed by atoms with Gasteiger partial charge in [-0.2, -0.15) is 0 Å². The van der Waals surface area contributed by atoms with Crippen LogP contribution in [0, 0.1) is 0 Å². The van der Waals surface area contributed by atoms with Crippen molar-refractivity contribution in [1.29, 1.82) is 0 Å². The van der Waals surface area contributed by atoms with Crippen LogP contribution < -0.4 is 9.47 Å². The van der Waals surface area contributed by atoms with Gasteiger partial charge in [-0.1, -0.05) is 24.3 Å². The molecule has 6 nitrogen and oxygen atoms in total. The van der Waals surface area contributed by atoms with Crippen LogP contribution >= 0.6 is 0 Å². The van der Waals surface area contributed by atoms with Crippen molar-refractivity contribution in [3.63, 3.8) is 0 Å². The number of likely N-dealkylation sites (N-methyl/N-ethyl adjacent to an activating group) is 1. The molecule has 0 aliphatic rings. The normalized spacial score (nSPS) is 11.5. The first kappa shape index (κ1) is 18.3. The van der Waals surface area contributed by atoms with Crippen LogP contribution in [0.4, 0.5) is 0 Å². The average Bonchev–Trinajstić information content (AvgIpc) is 2.62. The van der Waals surface area contributed by atoms with E-state index in [9.17, 15) is 9.59 Å². The number of hydrogen-bond donors (Lipinski definition) is 1. The number of carbonyl (C=O) groups excluding carboxylic acids is 1. The molecule has 0 bridgehead atoms. The van der Waals surface area contributed by atoms with Gasteiger partial charge in [0, 0.05) is 7.05 Å². The molecular weight excluding hydrogens is 322 g/mol. The van der Waals surface area contributed by atoms with Crippen LogP contribution in [0.15, 0.2) is 48.5 Å². The second-order valence-electron chi connectivity index (χ2n) is 5.41. The van der Waals surface area contributed by atoms with Gasteiger partial charge in [0.1, 0.15) is 11.8 Å². The molecule has 0 spiro atoms. The molecule has 132 valence electrons. The number of rotatable bonds is 7. The molecule has 1 amide bonds. The van der Waals surface area contributed by atoms with Gasteiger partial charge in [0.15, 0.2) is 11.5 Å². The lowest BCUT2D eigenvalue weighted by atomic mass is 10.1. The first-order chi connectivity index (χ1) is 12.0. The molecule has 1 N–H and O–H groups in total. The minimum absolute atomic E-state index is 0.282. The summed E-state index contributed by atoms with van der Waals surface area (Å²) in [6.07, 6.45) is 0. The van der Waals surface area contributed by atoms with Gasteiger partial charge in [-0.3, -0.25) is 4.79 Å². The lowest BCUT2D eigenvalue weighted by Crippen LogP contribution is -2.40.